The van der Waals surface area contributed by atoms with Gasteiger partial charge in [0.2, 0.25) is 5.91 Å². The number of alkyl halides is 1. The Kier molecular flexibility index (Phi) is 4.26. The summed E-state index contributed by atoms with van der Waals surface area (Å²) in [5, 5.41) is 0. The quantitative estimate of drug-likeness (QED) is 0.781. The average molecular weight is 330 g/mol. The molecule has 19 heavy (non-hydrogen) atoms. The highest BCUT2D eigenvalue weighted by Gasteiger charge is 2.33. The van der Waals surface area contributed by atoms with Crippen LogP contribution in [0.5, 0.6) is 0 Å². The van der Waals surface area contributed by atoms with E-state index in [2.05, 4.69) is 15.9 Å². The van der Waals surface area contributed by atoms with Crippen molar-refractivity contribution in [3.8, 4) is 0 Å². The molecule has 0 aromatic heterocycles. The van der Waals surface area contributed by atoms with Crippen molar-refractivity contribution in [1.82, 2.24) is 4.90 Å². The summed E-state index contributed by atoms with van der Waals surface area (Å²) < 4.78 is 18.0. The van der Waals surface area contributed by atoms with Crippen LogP contribution in [0.15, 0.2) is 24.3 Å². The first-order chi connectivity index (χ1) is 8.88. The van der Waals surface area contributed by atoms with E-state index in [0.717, 1.165) is 5.56 Å². The summed E-state index contributed by atoms with van der Waals surface area (Å²) in [5.74, 6) is -0.225. The topological polar surface area (TPSA) is 29.5 Å². The van der Waals surface area contributed by atoms with Crippen LogP contribution in [-0.2, 0) is 9.53 Å². The van der Waals surface area contributed by atoms with Gasteiger partial charge in [-0.15, -0.1) is 0 Å². The predicted octanol–water partition coefficient (Wildman–Crippen LogP) is 2.90. The normalized spacial score (nSPS) is 20.4. The molecule has 5 heteroatoms. The van der Waals surface area contributed by atoms with E-state index in [1.807, 2.05) is 13.8 Å². The van der Waals surface area contributed by atoms with Crippen molar-refractivity contribution in [3.05, 3.63) is 35.6 Å². The van der Waals surface area contributed by atoms with E-state index < -0.39 is 4.32 Å². The lowest BCUT2D eigenvalue weighted by atomic mass is 10.1. The second-order valence-corrected chi connectivity index (χ2v) is 7.12. The van der Waals surface area contributed by atoms with Crippen molar-refractivity contribution in [2.24, 2.45) is 0 Å². The standard InChI is InChI=1S/C14H17BrFNO2/c1-14(2,15)13(18)17-7-8-19-12(9-17)10-3-5-11(16)6-4-10/h3-6,12H,7-9H2,1-2H3. The molecule has 0 saturated carbocycles. The predicted molar refractivity (Wildman–Crippen MR) is 74.7 cm³/mol. The Balaban J connectivity index is 2.09. The molecule has 0 aliphatic carbocycles. The molecule has 1 aliphatic heterocycles. The number of morpholine rings is 1. The highest BCUT2D eigenvalue weighted by molar-refractivity contribution is 9.10. The summed E-state index contributed by atoms with van der Waals surface area (Å²) >= 11 is 3.38. The number of benzene rings is 1. The molecule has 1 amide bonds. The molecular formula is C14H17BrFNO2. The van der Waals surface area contributed by atoms with Crippen molar-refractivity contribution >= 4 is 21.8 Å². The van der Waals surface area contributed by atoms with E-state index in [0.29, 0.717) is 19.7 Å². The van der Waals surface area contributed by atoms with Crippen LogP contribution in [0.4, 0.5) is 4.39 Å². The summed E-state index contributed by atoms with van der Waals surface area (Å²) in [6, 6.07) is 6.22. The number of ether oxygens (including phenoxy) is 1. The van der Waals surface area contributed by atoms with Crippen LogP contribution in [0.3, 0.4) is 0 Å². The Morgan fingerprint density at radius 1 is 1.42 bits per heavy atom. The molecule has 2 rings (SSSR count). The minimum atomic E-state index is -0.572. The van der Waals surface area contributed by atoms with Gasteiger partial charge in [-0.3, -0.25) is 4.79 Å². The van der Waals surface area contributed by atoms with Crippen LogP contribution >= 0.6 is 15.9 Å². The molecule has 104 valence electrons. The second-order valence-electron chi connectivity index (χ2n) is 5.13. The number of carbonyl (C=O) groups excluding carboxylic acids is 1. The lowest BCUT2D eigenvalue weighted by Gasteiger charge is -2.36. The maximum atomic E-state index is 12.9. The Morgan fingerprint density at radius 2 is 2.05 bits per heavy atom. The van der Waals surface area contributed by atoms with Gasteiger partial charge < -0.3 is 9.64 Å². The Labute approximate surface area is 120 Å². The van der Waals surface area contributed by atoms with Gasteiger partial charge in [0.05, 0.1) is 17.5 Å². The van der Waals surface area contributed by atoms with E-state index in [1.54, 1.807) is 17.0 Å². The van der Waals surface area contributed by atoms with Crippen LogP contribution in [0.1, 0.15) is 25.5 Å². The van der Waals surface area contributed by atoms with Gasteiger partial charge in [0.25, 0.3) is 0 Å². The molecule has 1 aliphatic rings. The first-order valence-electron chi connectivity index (χ1n) is 6.23. The van der Waals surface area contributed by atoms with E-state index in [4.69, 9.17) is 4.74 Å². The minimum absolute atomic E-state index is 0.0444. The molecule has 3 nitrogen and oxygen atoms in total. The van der Waals surface area contributed by atoms with Gasteiger partial charge in [-0.05, 0) is 31.5 Å². The average Bonchev–Trinajstić information content (AvgIpc) is 2.38. The summed E-state index contributed by atoms with van der Waals surface area (Å²) in [7, 11) is 0. The number of hydrogen-bond acceptors (Lipinski definition) is 2. The third-order valence-corrected chi connectivity index (χ3v) is 3.44. The van der Waals surface area contributed by atoms with Gasteiger partial charge in [0.1, 0.15) is 11.9 Å². The number of carbonyl (C=O) groups is 1. The van der Waals surface area contributed by atoms with Crippen molar-refractivity contribution in [2.75, 3.05) is 19.7 Å². The monoisotopic (exact) mass is 329 g/mol. The van der Waals surface area contributed by atoms with Gasteiger partial charge >= 0.3 is 0 Å². The zero-order valence-electron chi connectivity index (χ0n) is 11.0. The second kappa shape index (κ2) is 5.59. The van der Waals surface area contributed by atoms with Gasteiger partial charge in [-0.25, -0.2) is 4.39 Å². The molecule has 1 aromatic rings. The minimum Gasteiger partial charge on any atom is -0.370 e. The molecule has 1 aromatic carbocycles. The fourth-order valence-corrected chi connectivity index (χ4v) is 2.34. The molecule has 1 fully saturated rings. The van der Waals surface area contributed by atoms with Gasteiger partial charge in [-0.1, -0.05) is 28.1 Å². The number of halogens is 2. The lowest BCUT2D eigenvalue weighted by molar-refractivity contribution is -0.140. The molecule has 1 unspecified atom stereocenters. The van der Waals surface area contributed by atoms with Crippen molar-refractivity contribution in [1.29, 1.82) is 0 Å². The molecule has 1 saturated heterocycles. The molecule has 1 heterocycles. The fourth-order valence-electron chi connectivity index (χ4n) is 2.09. The lowest BCUT2D eigenvalue weighted by Crippen LogP contribution is -2.48. The zero-order chi connectivity index (χ0) is 14.0. The zero-order valence-corrected chi connectivity index (χ0v) is 12.6. The third-order valence-electron chi connectivity index (χ3n) is 3.10. The van der Waals surface area contributed by atoms with Crippen molar-refractivity contribution < 1.29 is 13.9 Å². The number of hydrogen-bond donors (Lipinski definition) is 0. The first kappa shape index (κ1) is 14.5. The summed E-state index contributed by atoms with van der Waals surface area (Å²) in [5.41, 5.74) is 0.895. The molecule has 1 atom stereocenters. The van der Waals surface area contributed by atoms with E-state index >= 15 is 0 Å². The molecule has 0 N–H and O–H groups in total. The number of nitrogens with zero attached hydrogens (tertiary/aromatic N) is 1. The Hall–Kier alpha value is -0.940. The maximum absolute atomic E-state index is 12.9. The van der Waals surface area contributed by atoms with Crippen molar-refractivity contribution in [3.63, 3.8) is 0 Å². The fraction of sp³-hybridized carbons (Fsp3) is 0.500. The largest absolute Gasteiger partial charge is 0.370 e. The number of amides is 1. The highest BCUT2D eigenvalue weighted by atomic mass is 79.9. The Morgan fingerprint density at radius 3 is 2.63 bits per heavy atom. The van der Waals surface area contributed by atoms with Crippen LogP contribution in [0.25, 0.3) is 0 Å². The van der Waals surface area contributed by atoms with Crippen LogP contribution in [-0.4, -0.2) is 34.8 Å². The van der Waals surface area contributed by atoms with Gasteiger partial charge in [-0.2, -0.15) is 0 Å². The van der Waals surface area contributed by atoms with E-state index in [1.165, 1.54) is 12.1 Å². The van der Waals surface area contributed by atoms with E-state index in [9.17, 15) is 9.18 Å². The molecular weight excluding hydrogens is 313 g/mol. The summed E-state index contributed by atoms with van der Waals surface area (Å²) in [4.78, 5) is 14.0. The van der Waals surface area contributed by atoms with E-state index in [-0.39, 0.29) is 17.8 Å². The summed E-state index contributed by atoms with van der Waals surface area (Å²) in [6.45, 7) is 5.25. The highest BCUT2D eigenvalue weighted by Crippen LogP contribution is 2.26. The smallest absolute Gasteiger partial charge is 0.239 e. The third kappa shape index (κ3) is 3.54. The van der Waals surface area contributed by atoms with Crippen LogP contribution in [0.2, 0.25) is 0 Å². The first-order valence-corrected chi connectivity index (χ1v) is 7.02. The van der Waals surface area contributed by atoms with Crippen LogP contribution < -0.4 is 0 Å². The number of rotatable bonds is 2. The molecule has 0 spiro atoms. The molecule has 0 radical (unpaired) electrons. The van der Waals surface area contributed by atoms with Crippen molar-refractivity contribution in [2.45, 2.75) is 24.3 Å². The Bertz CT molecular complexity index is 456. The van der Waals surface area contributed by atoms with Crippen LogP contribution in [0, 0.1) is 5.82 Å². The summed E-state index contributed by atoms with van der Waals surface area (Å²) in [6.07, 6.45) is -0.187. The maximum Gasteiger partial charge on any atom is 0.239 e. The van der Waals surface area contributed by atoms with Gasteiger partial charge in [0, 0.05) is 6.54 Å². The molecule has 0 bridgehead atoms. The van der Waals surface area contributed by atoms with Gasteiger partial charge in [0.15, 0.2) is 0 Å². The SMILES string of the molecule is CC(C)(Br)C(=O)N1CCOC(c2ccc(F)cc2)C1.